The van der Waals surface area contributed by atoms with Crippen LogP contribution >= 0.6 is 27.5 Å². The van der Waals surface area contributed by atoms with E-state index in [0.29, 0.717) is 5.88 Å². The lowest BCUT2D eigenvalue weighted by molar-refractivity contribution is 0.00382. The molecule has 96 valence electrons. The minimum atomic E-state index is 0.0720. The fraction of sp³-hybridized carbons (Fsp3) is 0.750. The second kappa shape index (κ2) is 5.29. The van der Waals surface area contributed by atoms with Gasteiger partial charge in [0.15, 0.2) is 0 Å². The summed E-state index contributed by atoms with van der Waals surface area (Å²) < 4.78 is 8.66. The van der Waals surface area contributed by atoms with Gasteiger partial charge < -0.3 is 4.74 Å². The highest BCUT2D eigenvalue weighted by atomic mass is 79.9. The van der Waals surface area contributed by atoms with Crippen molar-refractivity contribution in [1.82, 2.24) is 9.78 Å². The maximum atomic E-state index is 6.17. The van der Waals surface area contributed by atoms with E-state index in [4.69, 9.17) is 16.3 Å². The molecule has 3 nitrogen and oxygen atoms in total. The quantitative estimate of drug-likeness (QED) is 0.800. The van der Waals surface area contributed by atoms with Crippen LogP contribution in [0.15, 0.2) is 4.47 Å². The summed E-state index contributed by atoms with van der Waals surface area (Å²) in [6.45, 7) is 3.63. The predicted molar refractivity (Wildman–Crippen MR) is 72.6 cm³/mol. The van der Waals surface area contributed by atoms with Crippen molar-refractivity contribution in [3.8, 4) is 0 Å². The van der Waals surface area contributed by atoms with Crippen molar-refractivity contribution in [3.63, 3.8) is 0 Å². The maximum absolute atomic E-state index is 6.17. The van der Waals surface area contributed by atoms with Gasteiger partial charge in [0.1, 0.15) is 0 Å². The molecular formula is C12H18BrClN2O. The molecule has 2 heterocycles. The second-order valence-corrected chi connectivity index (χ2v) is 6.00. The number of nitrogens with zero attached hydrogens (tertiary/aromatic N) is 2. The van der Waals surface area contributed by atoms with Crippen molar-refractivity contribution < 1.29 is 4.74 Å². The van der Waals surface area contributed by atoms with Crippen LogP contribution in [-0.4, -0.2) is 28.9 Å². The monoisotopic (exact) mass is 320 g/mol. The van der Waals surface area contributed by atoms with Crippen LogP contribution in [0.4, 0.5) is 0 Å². The normalized spacial score (nSPS) is 25.2. The molecule has 1 atom stereocenters. The zero-order valence-corrected chi connectivity index (χ0v) is 12.6. The molecule has 2 rings (SSSR count). The standard InChI is InChI=1S/C12H18BrClN2O/c1-9-11(13)10(16(2)15-9)6-12(7-14)4-3-5-17-8-12/h3-8H2,1-2H3. The molecule has 5 heteroatoms. The highest BCUT2D eigenvalue weighted by Gasteiger charge is 2.34. The molecule has 0 bridgehead atoms. The summed E-state index contributed by atoms with van der Waals surface area (Å²) in [7, 11) is 1.98. The third kappa shape index (κ3) is 2.69. The number of aromatic nitrogens is 2. The number of hydrogen-bond acceptors (Lipinski definition) is 2. The van der Waals surface area contributed by atoms with Gasteiger partial charge in [-0.25, -0.2) is 0 Å². The molecule has 1 unspecified atom stereocenters. The first kappa shape index (κ1) is 13.4. The molecule has 0 aliphatic carbocycles. The van der Waals surface area contributed by atoms with Crippen LogP contribution in [0.1, 0.15) is 24.2 Å². The number of rotatable bonds is 3. The Morgan fingerprint density at radius 2 is 2.35 bits per heavy atom. The third-order valence-corrected chi connectivity index (χ3v) is 5.09. The van der Waals surface area contributed by atoms with Gasteiger partial charge in [-0.2, -0.15) is 5.10 Å². The fourth-order valence-corrected chi connectivity index (χ4v) is 3.21. The molecule has 1 aliphatic heterocycles. The van der Waals surface area contributed by atoms with E-state index in [1.54, 1.807) is 0 Å². The van der Waals surface area contributed by atoms with E-state index in [0.717, 1.165) is 42.6 Å². The molecule has 0 spiro atoms. The number of alkyl halides is 1. The molecule has 1 saturated heterocycles. The average Bonchev–Trinajstić information content (AvgIpc) is 2.57. The molecule has 1 fully saturated rings. The van der Waals surface area contributed by atoms with Gasteiger partial charge in [0, 0.05) is 24.9 Å². The number of hydrogen-bond donors (Lipinski definition) is 0. The van der Waals surface area contributed by atoms with E-state index in [1.807, 2.05) is 18.7 Å². The highest BCUT2D eigenvalue weighted by Crippen LogP contribution is 2.36. The summed E-state index contributed by atoms with van der Waals surface area (Å²) in [5.74, 6) is 0.643. The molecular weight excluding hydrogens is 304 g/mol. The van der Waals surface area contributed by atoms with Crippen molar-refractivity contribution in [1.29, 1.82) is 0 Å². The first-order valence-corrected chi connectivity index (χ1v) is 7.22. The molecule has 0 amide bonds. The van der Waals surface area contributed by atoms with E-state index >= 15 is 0 Å². The van der Waals surface area contributed by atoms with Crippen molar-refractivity contribution in [2.24, 2.45) is 12.5 Å². The van der Waals surface area contributed by atoms with Crippen LogP contribution in [0.25, 0.3) is 0 Å². The fourth-order valence-electron chi connectivity index (χ4n) is 2.43. The Balaban J connectivity index is 2.23. The van der Waals surface area contributed by atoms with Crippen LogP contribution in [0.2, 0.25) is 0 Å². The van der Waals surface area contributed by atoms with Crippen LogP contribution in [-0.2, 0) is 18.2 Å². The minimum Gasteiger partial charge on any atom is -0.381 e. The van der Waals surface area contributed by atoms with Crippen molar-refractivity contribution in [2.45, 2.75) is 26.2 Å². The summed E-state index contributed by atoms with van der Waals surface area (Å²) in [6, 6.07) is 0. The van der Waals surface area contributed by atoms with Gasteiger partial charge in [0.05, 0.1) is 22.5 Å². The lowest BCUT2D eigenvalue weighted by Gasteiger charge is -2.35. The van der Waals surface area contributed by atoms with Gasteiger partial charge >= 0.3 is 0 Å². The van der Waals surface area contributed by atoms with Gasteiger partial charge in [0.25, 0.3) is 0 Å². The van der Waals surface area contributed by atoms with Crippen LogP contribution < -0.4 is 0 Å². The molecule has 17 heavy (non-hydrogen) atoms. The number of aryl methyl sites for hydroxylation is 2. The molecule has 1 aromatic heterocycles. The van der Waals surface area contributed by atoms with E-state index in [9.17, 15) is 0 Å². The highest BCUT2D eigenvalue weighted by molar-refractivity contribution is 9.10. The van der Waals surface area contributed by atoms with Gasteiger partial charge in [-0.3, -0.25) is 4.68 Å². The van der Waals surface area contributed by atoms with Crippen molar-refractivity contribution in [2.75, 3.05) is 19.1 Å². The van der Waals surface area contributed by atoms with Gasteiger partial charge in [-0.05, 0) is 42.1 Å². The zero-order valence-electron chi connectivity index (χ0n) is 10.3. The van der Waals surface area contributed by atoms with E-state index in [1.165, 1.54) is 5.69 Å². The zero-order chi connectivity index (χ0) is 12.5. The topological polar surface area (TPSA) is 27.1 Å². The number of ether oxygens (including phenoxy) is 1. The second-order valence-electron chi connectivity index (χ2n) is 4.94. The largest absolute Gasteiger partial charge is 0.381 e. The molecule has 1 aromatic rings. The Morgan fingerprint density at radius 1 is 1.59 bits per heavy atom. The summed E-state index contributed by atoms with van der Waals surface area (Å²) >= 11 is 9.79. The molecule has 0 aromatic carbocycles. The van der Waals surface area contributed by atoms with Crippen LogP contribution in [0.3, 0.4) is 0 Å². The van der Waals surface area contributed by atoms with E-state index in [-0.39, 0.29) is 5.41 Å². The molecule has 1 aliphatic rings. The molecule has 0 saturated carbocycles. The Morgan fingerprint density at radius 3 is 2.82 bits per heavy atom. The summed E-state index contributed by atoms with van der Waals surface area (Å²) in [5, 5.41) is 4.43. The van der Waals surface area contributed by atoms with Gasteiger partial charge in [-0.1, -0.05) is 0 Å². The summed E-state index contributed by atoms with van der Waals surface area (Å²) in [4.78, 5) is 0. The number of halogens is 2. The van der Waals surface area contributed by atoms with Crippen LogP contribution in [0.5, 0.6) is 0 Å². The minimum absolute atomic E-state index is 0.0720. The van der Waals surface area contributed by atoms with E-state index in [2.05, 4.69) is 21.0 Å². The van der Waals surface area contributed by atoms with Crippen molar-refractivity contribution in [3.05, 3.63) is 15.9 Å². The first-order chi connectivity index (χ1) is 8.08. The smallest absolute Gasteiger partial charge is 0.0738 e. The average molecular weight is 322 g/mol. The Bertz CT molecular complexity index is 399. The lowest BCUT2D eigenvalue weighted by atomic mass is 9.80. The van der Waals surface area contributed by atoms with E-state index < -0.39 is 0 Å². The van der Waals surface area contributed by atoms with Crippen molar-refractivity contribution >= 4 is 27.5 Å². The first-order valence-electron chi connectivity index (χ1n) is 5.90. The van der Waals surface area contributed by atoms with Gasteiger partial charge in [-0.15, -0.1) is 11.6 Å². The lowest BCUT2D eigenvalue weighted by Crippen LogP contribution is -2.36. The SMILES string of the molecule is Cc1nn(C)c(CC2(CCl)CCCOC2)c1Br. The Hall–Kier alpha value is -0.0600. The maximum Gasteiger partial charge on any atom is 0.0738 e. The summed E-state index contributed by atoms with van der Waals surface area (Å²) in [5.41, 5.74) is 2.32. The predicted octanol–water partition coefficient (Wildman–Crippen LogP) is 3.07. The Kier molecular flexibility index (Phi) is 4.16. The molecule has 0 radical (unpaired) electrons. The Labute approximate surface area is 116 Å². The summed E-state index contributed by atoms with van der Waals surface area (Å²) in [6.07, 6.45) is 3.16. The molecule has 0 N–H and O–H groups in total. The van der Waals surface area contributed by atoms with Crippen LogP contribution in [0, 0.1) is 12.3 Å². The van der Waals surface area contributed by atoms with Gasteiger partial charge in [0.2, 0.25) is 0 Å². The third-order valence-electron chi connectivity index (χ3n) is 3.49.